The Hall–Kier alpha value is -4.87. The van der Waals surface area contributed by atoms with Gasteiger partial charge in [-0.3, -0.25) is 19.1 Å². The lowest BCUT2D eigenvalue weighted by molar-refractivity contribution is -0.122. The normalized spacial score (nSPS) is 22.0. The number of nitrogens with zero attached hydrogens (tertiary/aromatic N) is 5. The molecule has 12 heteroatoms. The van der Waals surface area contributed by atoms with E-state index >= 15 is 0 Å². The van der Waals surface area contributed by atoms with Gasteiger partial charge in [0, 0.05) is 61.6 Å². The zero-order valence-electron chi connectivity index (χ0n) is 24.0. The Labute approximate surface area is 247 Å². The number of hydrogen-bond acceptors (Lipinski definition) is 8. The molecular weight excluding hydrogens is 552 g/mol. The smallest absolute Gasteiger partial charge is 0.276 e. The topological polar surface area (TPSA) is 132 Å². The standard InChI is InChI=1S/C31H32N6O6/c1-19-13-23(34-43-19)29(39)37-14-22-20-8-5-10-25-28(20)42-18-31(22,17-37)16-32-26(38)15-36(11-6-12-41-25)30(40)27-21-7-3-4-9-24(21)35(2)33-27/h3-5,7-10,13,22H,6,11-12,14-18H2,1-2H3,(H,32,38)/t22-,31+/m0/s1. The van der Waals surface area contributed by atoms with E-state index < -0.39 is 5.41 Å². The number of hydrogen-bond donors (Lipinski definition) is 1. The van der Waals surface area contributed by atoms with Gasteiger partial charge >= 0.3 is 0 Å². The molecule has 0 unspecified atom stereocenters. The molecule has 3 amide bonds. The van der Waals surface area contributed by atoms with Gasteiger partial charge in [0.15, 0.2) is 22.9 Å². The summed E-state index contributed by atoms with van der Waals surface area (Å²) in [6.45, 7) is 3.57. The molecule has 1 fully saturated rings. The molecule has 2 aromatic carbocycles. The molecule has 0 aliphatic carbocycles. The minimum absolute atomic E-state index is 0.113. The maximum atomic E-state index is 13.8. The van der Waals surface area contributed by atoms with Crippen LogP contribution in [0.25, 0.3) is 10.9 Å². The molecule has 222 valence electrons. The summed E-state index contributed by atoms with van der Waals surface area (Å²) in [7, 11) is 1.80. The number of ether oxygens (including phenoxy) is 2. The van der Waals surface area contributed by atoms with E-state index in [1.54, 1.807) is 29.6 Å². The van der Waals surface area contributed by atoms with Crippen LogP contribution in [0.1, 0.15) is 44.6 Å². The molecule has 2 atom stereocenters. The fraction of sp³-hybridized carbons (Fsp3) is 0.387. The molecule has 4 bridgehead atoms. The lowest BCUT2D eigenvalue weighted by Gasteiger charge is -2.40. The van der Waals surface area contributed by atoms with Gasteiger partial charge in [-0.25, -0.2) is 0 Å². The lowest BCUT2D eigenvalue weighted by atomic mass is 9.73. The number of likely N-dealkylation sites (tertiary alicyclic amines) is 1. The Morgan fingerprint density at radius 1 is 1.07 bits per heavy atom. The Bertz CT molecular complexity index is 1750. The third-order valence-corrected chi connectivity index (χ3v) is 8.72. The quantitative estimate of drug-likeness (QED) is 0.380. The number of aryl methyl sites for hydroxylation is 2. The summed E-state index contributed by atoms with van der Waals surface area (Å²) in [6.07, 6.45) is 0.500. The largest absolute Gasteiger partial charge is 0.490 e. The fourth-order valence-corrected chi connectivity index (χ4v) is 6.56. The van der Waals surface area contributed by atoms with Gasteiger partial charge in [0.1, 0.15) is 5.76 Å². The minimum Gasteiger partial charge on any atom is -0.490 e. The van der Waals surface area contributed by atoms with E-state index in [0.29, 0.717) is 55.6 Å². The van der Waals surface area contributed by atoms with Crippen molar-refractivity contribution >= 4 is 28.6 Å². The molecule has 1 spiro atoms. The summed E-state index contributed by atoms with van der Waals surface area (Å²) in [5.74, 6) is 0.881. The van der Waals surface area contributed by atoms with Crippen LogP contribution in [0.4, 0.5) is 0 Å². The van der Waals surface area contributed by atoms with E-state index in [2.05, 4.69) is 15.6 Å². The summed E-state index contributed by atoms with van der Waals surface area (Å²) in [5, 5.41) is 12.2. The van der Waals surface area contributed by atoms with Crippen LogP contribution in [0.5, 0.6) is 11.5 Å². The molecule has 12 nitrogen and oxygen atoms in total. The third kappa shape index (κ3) is 4.66. The SMILES string of the molecule is Cc1cc(C(=O)N2C[C@H]3c4cccc5c4OC[C@@]3(CNC(=O)CN(C(=O)c3nn(C)c4ccccc34)CCCO5)C2)no1. The van der Waals surface area contributed by atoms with Crippen molar-refractivity contribution in [2.45, 2.75) is 19.3 Å². The number of rotatable bonds is 2. The van der Waals surface area contributed by atoms with Gasteiger partial charge in [-0.05, 0) is 25.5 Å². The average molecular weight is 585 g/mol. The van der Waals surface area contributed by atoms with Gasteiger partial charge in [-0.1, -0.05) is 35.5 Å². The van der Waals surface area contributed by atoms with Crippen molar-refractivity contribution in [3.63, 3.8) is 0 Å². The second-order valence-corrected chi connectivity index (χ2v) is 11.6. The van der Waals surface area contributed by atoms with E-state index in [-0.39, 0.29) is 49.0 Å². The summed E-state index contributed by atoms with van der Waals surface area (Å²) in [5.41, 5.74) is 1.74. The number of aromatic nitrogens is 3. The van der Waals surface area contributed by atoms with Gasteiger partial charge in [-0.2, -0.15) is 5.10 Å². The molecule has 43 heavy (non-hydrogen) atoms. The van der Waals surface area contributed by atoms with Crippen molar-refractivity contribution in [1.29, 1.82) is 0 Å². The summed E-state index contributed by atoms with van der Waals surface area (Å²) in [6, 6.07) is 15.0. The molecule has 0 radical (unpaired) electrons. The molecular formula is C31H32N6O6. The monoisotopic (exact) mass is 584 g/mol. The minimum atomic E-state index is -0.591. The molecule has 0 saturated carbocycles. The van der Waals surface area contributed by atoms with Gasteiger partial charge in [0.25, 0.3) is 11.8 Å². The van der Waals surface area contributed by atoms with E-state index in [4.69, 9.17) is 14.0 Å². The highest BCUT2D eigenvalue weighted by Crippen LogP contribution is 2.52. The van der Waals surface area contributed by atoms with Crippen LogP contribution in [0.2, 0.25) is 0 Å². The van der Waals surface area contributed by atoms with Crippen LogP contribution < -0.4 is 14.8 Å². The van der Waals surface area contributed by atoms with Crippen molar-refractivity contribution < 1.29 is 28.4 Å². The second-order valence-electron chi connectivity index (χ2n) is 11.6. The molecule has 4 aromatic rings. The molecule has 4 aliphatic heterocycles. The molecule has 4 aliphatic rings. The predicted octanol–water partition coefficient (Wildman–Crippen LogP) is 2.53. The summed E-state index contributed by atoms with van der Waals surface area (Å²) in [4.78, 5) is 43.9. The number of para-hydroxylation sites is 2. The Balaban J connectivity index is 1.19. The fourth-order valence-electron chi connectivity index (χ4n) is 6.56. The maximum Gasteiger partial charge on any atom is 0.276 e. The highest BCUT2D eigenvalue weighted by molar-refractivity contribution is 6.05. The highest BCUT2D eigenvalue weighted by atomic mass is 16.5. The molecule has 2 aromatic heterocycles. The molecule has 1 N–H and O–H groups in total. The first-order chi connectivity index (χ1) is 20.8. The van der Waals surface area contributed by atoms with Crippen LogP contribution in [0.3, 0.4) is 0 Å². The third-order valence-electron chi connectivity index (χ3n) is 8.72. The van der Waals surface area contributed by atoms with Gasteiger partial charge in [0.2, 0.25) is 5.91 Å². The number of benzene rings is 2. The van der Waals surface area contributed by atoms with Gasteiger partial charge in [-0.15, -0.1) is 0 Å². The van der Waals surface area contributed by atoms with Crippen molar-refractivity contribution in [3.8, 4) is 11.5 Å². The summed E-state index contributed by atoms with van der Waals surface area (Å²) >= 11 is 0. The first-order valence-corrected chi connectivity index (χ1v) is 14.4. The van der Waals surface area contributed by atoms with Crippen molar-refractivity contribution in [1.82, 2.24) is 30.1 Å². The number of nitrogens with one attached hydrogen (secondary N) is 1. The van der Waals surface area contributed by atoms with Crippen molar-refractivity contribution in [2.75, 3.05) is 45.9 Å². The first kappa shape index (κ1) is 27.0. The van der Waals surface area contributed by atoms with E-state index in [0.717, 1.165) is 16.5 Å². The maximum absolute atomic E-state index is 13.8. The number of amides is 3. The van der Waals surface area contributed by atoms with Crippen molar-refractivity contribution in [3.05, 3.63) is 71.2 Å². The summed E-state index contributed by atoms with van der Waals surface area (Å²) < 4.78 is 19.3. The lowest BCUT2D eigenvalue weighted by Crippen LogP contribution is -2.50. The van der Waals surface area contributed by atoms with Crippen LogP contribution in [-0.2, 0) is 11.8 Å². The zero-order valence-corrected chi connectivity index (χ0v) is 24.0. The Morgan fingerprint density at radius 3 is 2.77 bits per heavy atom. The van der Waals surface area contributed by atoms with Crippen LogP contribution in [0, 0.1) is 12.3 Å². The van der Waals surface area contributed by atoms with E-state index in [9.17, 15) is 14.4 Å². The molecule has 6 heterocycles. The highest BCUT2D eigenvalue weighted by Gasteiger charge is 2.53. The van der Waals surface area contributed by atoms with Crippen molar-refractivity contribution in [2.24, 2.45) is 12.5 Å². The van der Waals surface area contributed by atoms with Gasteiger partial charge < -0.3 is 29.1 Å². The van der Waals surface area contributed by atoms with E-state index in [1.165, 1.54) is 4.90 Å². The van der Waals surface area contributed by atoms with Crippen LogP contribution in [-0.4, -0.2) is 88.4 Å². The first-order valence-electron chi connectivity index (χ1n) is 14.4. The Morgan fingerprint density at radius 2 is 1.93 bits per heavy atom. The van der Waals surface area contributed by atoms with Crippen LogP contribution in [0.15, 0.2) is 53.1 Å². The average Bonchev–Trinajstić information content (AvgIpc) is 3.72. The molecule has 1 saturated heterocycles. The zero-order chi connectivity index (χ0) is 29.7. The number of carbonyl (C=O) groups is 3. The molecule has 8 rings (SSSR count). The second kappa shape index (κ2) is 10.4. The van der Waals surface area contributed by atoms with Gasteiger partial charge in [0.05, 0.1) is 25.3 Å². The Kier molecular flexibility index (Phi) is 6.55. The number of fused-ring (bicyclic) bond motifs is 10. The predicted molar refractivity (Wildman–Crippen MR) is 154 cm³/mol. The van der Waals surface area contributed by atoms with E-state index in [1.807, 2.05) is 42.5 Å². The van der Waals surface area contributed by atoms with Crippen LogP contribution >= 0.6 is 0 Å². The number of carbonyl (C=O) groups excluding carboxylic acids is 3.